The van der Waals surface area contributed by atoms with Crippen LogP contribution in [0, 0.1) is 5.41 Å². The van der Waals surface area contributed by atoms with Gasteiger partial charge in [-0.2, -0.15) is 0 Å². The summed E-state index contributed by atoms with van der Waals surface area (Å²) in [5, 5.41) is 4.89. The van der Waals surface area contributed by atoms with Crippen LogP contribution in [-0.4, -0.2) is 6.54 Å². The molecule has 1 aliphatic carbocycles. The van der Waals surface area contributed by atoms with Crippen LogP contribution in [0.2, 0.25) is 10.0 Å². The van der Waals surface area contributed by atoms with E-state index in [1.54, 1.807) is 0 Å². The normalized spacial score (nSPS) is 18.2. The van der Waals surface area contributed by atoms with Gasteiger partial charge in [0, 0.05) is 13.1 Å². The summed E-state index contributed by atoms with van der Waals surface area (Å²) in [6.45, 7) is 4.20. The van der Waals surface area contributed by atoms with Crippen LogP contribution in [-0.2, 0) is 6.54 Å². The highest BCUT2D eigenvalue weighted by atomic mass is 35.5. The van der Waals surface area contributed by atoms with Gasteiger partial charge in [-0.3, -0.25) is 0 Å². The maximum absolute atomic E-state index is 6.19. The zero-order valence-corrected chi connectivity index (χ0v) is 12.4. The van der Waals surface area contributed by atoms with E-state index in [0.717, 1.165) is 18.7 Å². The molecule has 0 heterocycles. The predicted molar refractivity (Wildman–Crippen MR) is 79.4 cm³/mol. The number of hydrogen-bond donors (Lipinski definition) is 1. The van der Waals surface area contributed by atoms with Gasteiger partial charge in [-0.15, -0.1) is 0 Å². The highest BCUT2D eigenvalue weighted by molar-refractivity contribution is 6.42. The van der Waals surface area contributed by atoms with Gasteiger partial charge in [-0.05, 0) is 36.3 Å². The van der Waals surface area contributed by atoms with Crippen LogP contribution in [0.4, 0.5) is 0 Å². The van der Waals surface area contributed by atoms with Crippen molar-refractivity contribution in [2.24, 2.45) is 5.41 Å². The van der Waals surface area contributed by atoms with Crippen LogP contribution in [0.3, 0.4) is 0 Å². The lowest BCUT2D eigenvalue weighted by molar-refractivity contribution is 0.268. The van der Waals surface area contributed by atoms with Crippen molar-refractivity contribution >= 4 is 23.2 Å². The number of benzene rings is 1. The van der Waals surface area contributed by atoms with Crippen LogP contribution in [0.15, 0.2) is 18.2 Å². The van der Waals surface area contributed by atoms with E-state index in [0.29, 0.717) is 15.5 Å². The quantitative estimate of drug-likeness (QED) is 0.798. The van der Waals surface area contributed by atoms with E-state index in [2.05, 4.69) is 12.2 Å². The molecule has 1 saturated carbocycles. The first-order valence-corrected chi connectivity index (χ1v) is 7.56. The molecule has 0 bridgehead atoms. The Kier molecular flexibility index (Phi) is 4.94. The van der Waals surface area contributed by atoms with E-state index in [1.807, 2.05) is 18.2 Å². The van der Waals surface area contributed by atoms with E-state index in [9.17, 15) is 0 Å². The molecule has 2 rings (SSSR count). The Hall–Kier alpha value is -0.240. The predicted octanol–water partition coefficient (Wildman–Crippen LogP) is 5.05. The molecule has 1 fully saturated rings. The number of halogens is 2. The molecule has 1 nitrogen and oxygen atoms in total. The molecule has 0 unspecified atom stereocenters. The third-order valence-corrected chi connectivity index (χ3v) is 5.12. The zero-order chi connectivity index (χ0) is 13.0. The van der Waals surface area contributed by atoms with Crippen molar-refractivity contribution < 1.29 is 0 Å². The largest absolute Gasteiger partial charge is 0.312 e. The molecule has 100 valence electrons. The molecule has 0 radical (unpaired) electrons. The Labute approximate surface area is 120 Å². The summed E-state index contributed by atoms with van der Waals surface area (Å²) < 4.78 is 0. The first-order chi connectivity index (χ1) is 8.67. The van der Waals surface area contributed by atoms with Crippen molar-refractivity contribution in [2.75, 3.05) is 6.54 Å². The smallest absolute Gasteiger partial charge is 0.0637 e. The molecule has 1 aromatic rings. The summed E-state index contributed by atoms with van der Waals surface area (Å²) in [4.78, 5) is 0. The van der Waals surface area contributed by atoms with E-state index >= 15 is 0 Å². The molecule has 1 aromatic carbocycles. The third kappa shape index (κ3) is 3.20. The lowest BCUT2D eigenvalue weighted by Crippen LogP contribution is -2.31. The molecule has 0 spiro atoms. The second kappa shape index (κ2) is 6.27. The van der Waals surface area contributed by atoms with Gasteiger partial charge in [-0.1, -0.05) is 55.1 Å². The second-order valence-electron chi connectivity index (χ2n) is 5.38. The Morgan fingerprint density at radius 1 is 1.22 bits per heavy atom. The van der Waals surface area contributed by atoms with Gasteiger partial charge < -0.3 is 5.32 Å². The molecule has 0 aliphatic heterocycles. The Morgan fingerprint density at radius 3 is 2.61 bits per heavy atom. The van der Waals surface area contributed by atoms with Gasteiger partial charge in [0.25, 0.3) is 0 Å². The van der Waals surface area contributed by atoms with Crippen molar-refractivity contribution in [1.29, 1.82) is 0 Å². The highest BCUT2D eigenvalue weighted by Crippen LogP contribution is 2.40. The molecule has 0 aromatic heterocycles. The topological polar surface area (TPSA) is 12.0 Å². The Morgan fingerprint density at radius 2 is 1.94 bits per heavy atom. The SMILES string of the molecule is CCC1(CNCc2cccc(Cl)c2Cl)CCCC1. The molecule has 0 atom stereocenters. The van der Waals surface area contributed by atoms with E-state index in [-0.39, 0.29) is 0 Å². The molecule has 18 heavy (non-hydrogen) atoms. The summed E-state index contributed by atoms with van der Waals surface area (Å²) in [7, 11) is 0. The van der Waals surface area contributed by atoms with Gasteiger partial charge in [0.05, 0.1) is 10.0 Å². The Balaban J connectivity index is 1.90. The number of nitrogens with one attached hydrogen (secondary N) is 1. The zero-order valence-electron chi connectivity index (χ0n) is 10.9. The first kappa shape index (κ1) is 14.2. The van der Waals surface area contributed by atoms with Crippen molar-refractivity contribution in [3.05, 3.63) is 33.8 Å². The van der Waals surface area contributed by atoms with Crippen LogP contribution < -0.4 is 5.32 Å². The summed E-state index contributed by atoms with van der Waals surface area (Å²) in [6.07, 6.45) is 6.75. The minimum atomic E-state index is 0.519. The fraction of sp³-hybridized carbons (Fsp3) is 0.600. The minimum Gasteiger partial charge on any atom is -0.312 e. The van der Waals surface area contributed by atoms with Crippen LogP contribution in [0.5, 0.6) is 0 Å². The van der Waals surface area contributed by atoms with Gasteiger partial charge in [0.1, 0.15) is 0 Å². The Bertz CT molecular complexity index is 397. The lowest BCUT2D eigenvalue weighted by atomic mass is 9.83. The number of rotatable bonds is 5. The monoisotopic (exact) mass is 285 g/mol. The molecular weight excluding hydrogens is 265 g/mol. The molecule has 3 heteroatoms. The number of hydrogen-bond acceptors (Lipinski definition) is 1. The molecule has 0 amide bonds. The maximum Gasteiger partial charge on any atom is 0.0637 e. The van der Waals surface area contributed by atoms with Gasteiger partial charge in [-0.25, -0.2) is 0 Å². The molecule has 1 aliphatic rings. The third-order valence-electron chi connectivity index (χ3n) is 4.26. The minimum absolute atomic E-state index is 0.519. The average Bonchev–Trinajstić information content (AvgIpc) is 2.84. The van der Waals surface area contributed by atoms with Crippen LogP contribution in [0.1, 0.15) is 44.6 Å². The van der Waals surface area contributed by atoms with Crippen LogP contribution >= 0.6 is 23.2 Å². The highest BCUT2D eigenvalue weighted by Gasteiger charge is 2.31. The standard InChI is InChI=1S/C15H21Cl2N/c1-2-15(8-3-4-9-15)11-18-10-12-6-5-7-13(16)14(12)17/h5-7,18H,2-4,8-11H2,1H3. The first-order valence-electron chi connectivity index (χ1n) is 6.80. The second-order valence-corrected chi connectivity index (χ2v) is 6.16. The fourth-order valence-corrected chi connectivity index (χ4v) is 3.31. The fourth-order valence-electron chi connectivity index (χ4n) is 2.93. The molecule has 1 N–H and O–H groups in total. The van der Waals surface area contributed by atoms with E-state index < -0.39 is 0 Å². The van der Waals surface area contributed by atoms with Crippen LogP contribution in [0.25, 0.3) is 0 Å². The van der Waals surface area contributed by atoms with Gasteiger partial charge in [0.15, 0.2) is 0 Å². The van der Waals surface area contributed by atoms with Crippen molar-refractivity contribution in [3.8, 4) is 0 Å². The lowest BCUT2D eigenvalue weighted by Gasteiger charge is -2.28. The molecule has 0 saturated heterocycles. The summed E-state index contributed by atoms with van der Waals surface area (Å²) in [6, 6.07) is 5.82. The van der Waals surface area contributed by atoms with Crippen molar-refractivity contribution in [2.45, 2.75) is 45.6 Å². The van der Waals surface area contributed by atoms with E-state index in [1.165, 1.54) is 32.1 Å². The average molecular weight is 286 g/mol. The van der Waals surface area contributed by atoms with Crippen molar-refractivity contribution in [3.63, 3.8) is 0 Å². The van der Waals surface area contributed by atoms with Gasteiger partial charge in [0.2, 0.25) is 0 Å². The molecular formula is C15H21Cl2N. The summed E-state index contributed by atoms with van der Waals surface area (Å²) >= 11 is 12.2. The summed E-state index contributed by atoms with van der Waals surface area (Å²) in [5.41, 5.74) is 1.61. The van der Waals surface area contributed by atoms with Crippen molar-refractivity contribution in [1.82, 2.24) is 5.32 Å². The summed E-state index contributed by atoms with van der Waals surface area (Å²) in [5.74, 6) is 0. The maximum atomic E-state index is 6.19. The van der Waals surface area contributed by atoms with Gasteiger partial charge >= 0.3 is 0 Å². The van der Waals surface area contributed by atoms with E-state index in [4.69, 9.17) is 23.2 Å².